The molecule has 3 atom stereocenters. The monoisotopic (exact) mass is 493 g/mol. The molecule has 6 rings (SSSR count). The molecule has 2 aliphatic heterocycles. The topological polar surface area (TPSA) is 77.1 Å². The number of fused-ring (bicyclic) bond motifs is 1. The third kappa shape index (κ3) is 4.15. The van der Waals surface area contributed by atoms with Crippen LogP contribution in [0.25, 0.3) is 0 Å². The lowest BCUT2D eigenvalue weighted by Gasteiger charge is -2.41. The van der Waals surface area contributed by atoms with E-state index in [9.17, 15) is 18.8 Å². The molecule has 1 amide bonds. The van der Waals surface area contributed by atoms with Crippen LogP contribution in [0.3, 0.4) is 0 Å². The first-order valence-corrected chi connectivity index (χ1v) is 12.6. The number of benzene rings is 1. The SMILES string of the molecule is C[C@@H](C(=O)Nc1cn2c(n1)CC[C@@H]2c1cc(F)cc(F)c1)N1CCC2(CC2)C(c2cc[n+]([O-])cc2)C1. The number of likely N-dealkylation sites (tertiary alicyclic amines) is 1. The van der Waals surface area contributed by atoms with Crippen LogP contribution in [0.15, 0.2) is 48.9 Å². The Morgan fingerprint density at radius 3 is 2.58 bits per heavy atom. The Balaban J connectivity index is 1.15. The van der Waals surface area contributed by atoms with E-state index in [1.807, 2.05) is 23.6 Å². The molecule has 1 spiro atoms. The van der Waals surface area contributed by atoms with E-state index in [4.69, 9.17) is 0 Å². The number of nitrogens with one attached hydrogen (secondary N) is 1. The third-order valence-corrected chi connectivity index (χ3v) is 8.41. The molecule has 0 radical (unpaired) electrons. The molecule has 1 saturated heterocycles. The molecule has 4 heterocycles. The average molecular weight is 494 g/mol. The van der Waals surface area contributed by atoms with Crippen molar-refractivity contribution in [1.82, 2.24) is 14.5 Å². The summed E-state index contributed by atoms with van der Waals surface area (Å²) in [6.45, 7) is 3.53. The summed E-state index contributed by atoms with van der Waals surface area (Å²) in [5.41, 5.74) is 2.01. The molecule has 36 heavy (non-hydrogen) atoms. The quantitative estimate of drug-likeness (QED) is 0.432. The number of halogens is 2. The predicted octanol–water partition coefficient (Wildman–Crippen LogP) is 3.93. The number of amides is 1. The van der Waals surface area contributed by atoms with E-state index < -0.39 is 11.6 Å². The molecule has 2 fully saturated rings. The van der Waals surface area contributed by atoms with E-state index in [2.05, 4.69) is 15.2 Å². The molecule has 1 aromatic carbocycles. The van der Waals surface area contributed by atoms with Crippen molar-refractivity contribution >= 4 is 11.7 Å². The van der Waals surface area contributed by atoms with Gasteiger partial charge in [0.15, 0.2) is 18.2 Å². The number of carbonyl (C=O) groups is 1. The Hall–Kier alpha value is -3.33. The fourth-order valence-electron chi connectivity index (χ4n) is 6.13. The molecule has 1 saturated carbocycles. The van der Waals surface area contributed by atoms with Crippen LogP contribution in [-0.2, 0) is 11.2 Å². The number of imidazole rings is 1. The van der Waals surface area contributed by atoms with Crippen molar-refractivity contribution < 1.29 is 18.3 Å². The number of pyridine rings is 1. The van der Waals surface area contributed by atoms with Gasteiger partial charge in [-0.15, -0.1) is 0 Å². The standard InChI is InChI=1S/C27H29F2N5O2/c1-17(32-11-8-27(6-7-27)22(15-32)18-4-9-33(36)10-5-18)26(35)31-24-16-34-23(2-3-25(34)30-24)19-12-20(28)14-21(29)13-19/h4-5,9-10,12-14,16-17,22-23H,2-3,6-8,11,15H2,1H3,(H,31,35)/t17-,22?,23+/m0/s1. The zero-order chi connectivity index (χ0) is 25.0. The lowest BCUT2D eigenvalue weighted by atomic mass is 9.77. The van der Waals surface area contributed by atoms with Gasteiger partial charge in [-0.3, -0.25) is 9.69 Å². The summed E-state index contributed by atoms with van der Waals surface area (Å²) in [6.07, 6.45) is 9.65. The summed E-state index contributed by atoms with van der Waals surface area (Å²) < 4.78 is 30.2. The fourth-order valence-corrected chi connectivity index (χ4v) is 6.13. The smallest absolute Gasteiger partial charge is 0.242 e. The number of rotatable bonds is 5. The molecule has 7 nitrogen and oxygen atoms in total. The van der Waals surface area contributed by atoms with Crippen molar-refractivity contribution in [3.63, 3.8) is 0 Å². The Labute approximate surface area is 208 Å². The van der Waals surface area contributed by atoms with Gasteiger partial charge in [0.05, 0.1) is 12.1 Å². The van der Waals surface area contributed by atoms with Gasteiger partial charge in [-0.1, -0.05) is 0 Å². The largest absolute Gasteiger partial charge is 0.619 e. The van der Waals surface area contributed by atoms with E-state index in [1.165, 1.54) is 25.0 Å². The Morgan fingerprint density at radius 1 is 1.17 bits per heavy atom. The molecule has 1 aliphatic carbocycles. The van der Waals surface area contributed by atoms with Crippen molar-refractivity contribution in [3.8, 4) is 0 Å². The fraction of sp³-hybridized carbons (Fsp3) is 0.444. The van der Waals surface area contributed by atoms with Gasteiger partial charge in [-0.05, 0) is 67.8 Å². The highest BCUT2D eigenvalue weighted by molar-refractivity contribution is 5.93. The second-order valence-electron chi connectivity index (χ2n) is 10.5. The summed E-state index contributed by atoms with van der Waals surface area (Å²) in [6, 6.07) is 6.82. The van der Waals surface area contributed by atoms with E-state index in [1.54, 1.807) is 18.6 Å². The van der Waals surface area contributed by atoms with E-state index >= 15 is 0 Å². The molecular formula is C27H29F2N5O2. The number of nitrogens with zero attached hydrogens (tertiary/aromatic N) is 4. The number of anilines is 1. The van der Waals surface area contributed by atoms with Gasteiger partial charge in [0.25, 0.3) is 0 Å². The normalized spacial score (nSPS) is 23.4. The maximum absolute atomic E-state index is 13.8. The third-order valence-electron chi connectivity index (χ3n) is 8.41. The van der Waals surface area contributed by atoms with Crippen LogP contribution in [-0.4, -0.2) is 39.5 Å². The zero-order valence-corrected chi connectivity index (χ0v) is 20.2. The lowest BCUT2D eigenvalue weighted by Crippen LogP contribution is -2.49. The average Bonchev–Trinajstić information content (AvgIpc) is 3.33. The highest BCUT2D eigenvalue weighted by atomic mass is 19.1. The summed E-state index contributed by atoms with van der Waals surface area (Å²) in [5.74, 6) is 0.218. The summed E-state index contributed by atoms with van der Waals surface area (Å²) in [4.78, 5) is 20.0. The Kier molecular flexibility index (Phi) is 5.55. The number of aryl methyl sites for hydroxylation is 1. The van der Waals surface area contributed by atoms with E-state index in [0.717, 1.165) is 41.7 Å². The van der Waals surface area contributed by atoms with Crippen LogP contribution >= 0.6 is 0 Å². The second kappa shape index (κ2) is 8.65. The first kappa shape index (κ1) is 23.1. The molecule has 1 N–H and O–H groups in total. The van der Waals surface area contributed by atoms with Gasteiger partial charge >= 0.3 is 0 Å². The molecule has 0 bridgehead atoms. The summed E-state index contributed by atoms with van der Waals surface area (Å²) in [5, 5.41) is 14.5. The molecule has 1 unspecified atom stereocenters. The van der Waals surface area contributed by atoms with E-state index in [0.29, 0.717) is 30.1 Å². The number of hydrogen-bond acceptors (Lipinski definition) is 4. The summed E-state index contributed by atoms with van der Waals surface area (Å²) in [7, 11) is 0. The number of piperidine rings is 1. The van der Waals surface area contributed by atoms with Crippen molar-refractivity contribution in [2.75, 3.05) is 18.4 Å². The number of aromatic nitrogens is 3. The molecule has 9 heteroatoms. The second-order valence-corrected chi connectivity index (χ2v) is 10.5. The molecule has 2 aromatic heterocycles. The predicted molar refractivity (Wildman–Crippen MR) is 129 cm³/mol. The minimum Gasteiger partial charge on any atom is -0.619 e. The Bertz CT molecular complexity index is 1280. The first-order valence-electron chi connectivity index (χ1n) is 12.6. The van der Waals surface area contributed by atoms with Crippen molar-refractivity contribution in [2.24, 2.45) is 5.41 Å². The minimum atomic E-state index is -0.601. The van der Waals surface area contributed by atoms with Crippen LogP contribution in [0, 0.1) is 22.3 Å². The van der Waals surface area contributed by atoms with Crippen LogP contribution in [0.4, 0.5) is 14.6 Å². The van der Waals surface area contributed by atoms with Crippen LogP contribution in [0.2, 0.25) is 0 Å². The van der Waals surface area contributed by atoms with Gasteiger partial charge < -0.3 is 15.1 Å². The van der Waals surface area contributed by atoms with Crippen LogP contribution in [0.1, 0.15) is 61.5 Å². The first-order chi connectivity index (χ1) is 17.3. The lowest BCUT2D eigenvalue weighted by molar-refractivity contribution is -0.605. The maximum atomic E-state index is 13.8. The zero-order valence-electron chi connectivity index (χ0n) is 20.2. The van der Waals surface area contributed by atoms with Gasteiger partial charge in [-0.2, -0.15) is 4.73 Å². The number of carbonyl (C=O) groups excluding carboxylic acids is 1. The van der Waals surface area contributed by atoms with Gasteiger partial charge in [0, 0.05) is 43.3 Å². The molecule has 3 aliphatic rings. The van der Waals surface area contributed by atoms with Crippen LogP contribution < -0.4 is 10.0 Å². The van der Waals surface area contributed by atoms with Crippen molar-refractivity contribution in [3.05, 3.63) is 82.7 Å². The maximum Gasteiger partial charge on any atom is 0.242 e. The van der Waals surface area contributed by atoms with Gasteiger partial charge in [-0.25, -0.2) is 13.8 Å². The summed E-state index contributed by atoms with van der Waals surface area (Å²) >= 11 is 0. The molecule has 188 valence electrons. The van der Waals surface area contributed by atoms with Crippen molar-refractivity contribution in [1.29, 1.82) is 0 Å². The van der Waals surface area contributed by atoms with Gasteiger partial charge in [0.2, 0.25) is 5.91 Å². The Morgan fingerprint density at radius 2 is 1.89 bits per heavy atom. The van der Waals surface area contributed by atoms with Crippen molar-refractivity contribution in [2.45, 2.75) is 57.0 Å². The molecular weight excluding hydrogens is 464 g/mol. The highest BCUT2D eigenvalue weighted by Gasteiger charge is 2.53. The van der Waals surface area contributed by atoms with Crippen LogP contribution in [0.5, 0.6) is 0 Å². The minimum absolute atomic E-state index is 0.129. The highest BCUT2D eigenvalue weighted by Crippen LogP contribution is 2.60. The molecule has 3 aromatic rings. The van der Waals surface area contributed by atoms with Gasteiger partial charge in [0.1, 0.15) is 17.5 Å². The number of hydrogen-bond donors (Lipinski definition) is 1. The van der Waals surface area contributed by atoms with E-state index in [-0.39, 0.29) is 23.4 Å².